The first-order valence-electron chi connectivity index (χ1n) is 2.45. The molecule has 0 spiro atoms. The van der Waals surface area contributed by atoms with Crippen molar-refractivity contribution in [3.05, 3.63) is 29.6 Å². The Morgan fingerprint density at radius 3 is 1.91 bits per heavy atom. The molecule has 11 heavy (non-hydrogen) atoms. The van der Waals surface area contributed by atoms with E-state index < -0.39 is 17.5 Å². The average Bonchev–Trinajstić information content (AvgIpc) is 1.84. The molecule has 0 amide bonds. The number of hydrogen-bond donors (Lipinski definition) is 1. The van der Waals surface area contributed by atoms with Gasteiger partial charge in [0.15, 0.2) is 11.6 Å². The molecule has 5 heteroatoms. The molecule has 0 unspecified atom stereocenters. The molecule has 0 saturated heterocycles. The van der Waals surface area contributed by atoms with Crippen molar-refractivity contribution in [1.82, 2.24) is 0 Å². The minimum absolute atomic E-state index is 0. The topological polar surface area (TPSA) is 0 Å². The summed E-state index contributed by atoms with van der Waals surface area (Å²) in [5.74, 6) is -3.15. The molecule has 0 atom stereocenters. The molecule has 0 aliphatic rings. The molecule has 0 aromatic heterocycles. The van der Waals surface area contributed by atoms with Crippen molar-refractivity contribution in [2.45, 2.75) is 4.90 Å². The van der Waals surface area contributed by atoms with E-state index >= 15 is 0 Å². The van der Waals surface area contributed by atoms with E-state index in [1.807, 2.05) is 0 Å². The van der Waals surface area contributed by atoms with Gasteiger partial charge in [-0.1, -0.05) is 0 Å². The summed E-state index contributed by atoms with van der Waals surface area (Å²) in [5.41, 5.74) is 0. The van der Waals surface area contributed by atoms with Gasteiger partial charge in [-0.25, -0.2) is 13.2 Å². The summed E-state index contributed by atoms with van der Waals surface area (Å²) >= 11 is 3.53. The minimum Gasteiger partial charge on any atom is -1.00 e. The van der Waals surface area contributed by atoms with Crippen LogP contribution in [0.25, 0.3) is 0 Å². The van der Waals surface area contributed by atoms with Gasteiger partial charge in [-0.15, -0.1) is 12.6 Å². The second-order valence-electron chi connectivity index (χ2n) is 1.72. The molecule has 56 valence electrons. The third-order valence-electron chi connectivity index (χ3n) is 0.990. The van der Waals surface area contributed by atoms with Crippen LogP contribution in [-0.4, -0.2) is 0 Å². The Labute approximate surface area is 91.0 Å². The molecule has 1 rings (SSSR count). The van der Waals surface area contributed by atoms with E-state index in [-0.39, 0.29) is 35.9 Å². The van der Waals surface area contributed by atoms with Crippen LogP contribution in [0.1, 0.15) is 1.43 Å². The van der Waals surface area contributed by atoms with Gasteiger partial charge in [0.25, 0.3) is 0 Å². The molecule has 0 fully saturated rings. The number of rotatable bonds is 0. The molecule has 0 nitrogen and oxygen atoms in total. The average molecular weight is 188 g/mol. The van der Waals surface area contributed by atoms with Crippen molar-refractivity contribution in [3.63, 3.8) is 0 Å². The largest absolute Gasteiger partial charge is 1.00 e. The first kappa shape index (κ1) is 11.4. The first-order valence-corrected chi connectivity index (χ1v) is 2.89. The zero-order valence-electron chi connectivity index (χ0n) is 6.74. The molecule has 0 radical (unpaired) electrons. The van der Waals surface area contributed by atoms with Gasteiger partial charge in [0.05, 0.1) is 0 Å². The summed E-state index contributed by atoms with van der Waals surface area (Å²) in [7, 11) is 0. The second-order valence-corrected chi connectivity index (χ2v) is 2.20. The summed E-state index contributed by atoms with van der Waals surface area (Å²) in [6.45, 7) is 0. The van der Waals surface area contributed by atoms with Gasteiger partial charge < -0.3 is 1.43 Å². The molecular formula is C6H4F3NaS. The van der Waals surface area contributed by atoms with Crippen molar-refractivity contribution in [2.75, 3.05) is 0 Å². The van der Waals surface area contributed by atoms with Gasteiger partial charge in [0.1, 0.15) is 5.82 Å². The Hall–Kier alpha value is 0.360. The van der Waals surface area contributed by atoms with Crippen LogP contribution in [-0.2, 0) is 0 Å². The van der Waals surface area contributed by atoms with Crippen molar-refractivity contribution >= 4 is 12.6 Å². The van der Waals surface area contributed by atoms with Crippen LogP contribution >= 0.6 is 12.6 Å². The van der Waals surface area contributed by atoms with Crippen LogP contribution in [0.15, 0.2) is 17.0 Å². The van der Waals surface area contributed by atoms with Gasteiger partial charge in [-0.05, 0) is 6.07 Å². The van der Waals surface area contributed by atoms with Gasteiger partial charge >= 0.3 is 29.6 Å². The zero-order chi connectivity index (χ0) is 7.72. The minimum atomic E-state index is -1.20. The maximum Gasteiger partial charge on any atom is 1.00 e. The van der Waals surface area contributed by atoms with Crippen molar-refractivity contribution in [1.29, 1.82) is 0 Å². The van der Waals surface area contributed by atoms with E-state index in [0.717, 1.165) is 0 Å². The standard InChI is InChI=1S/C6H3F3S.Na.H/c7-3-1-5(9)6(10)2-4(3)8;;/h1-2,10H;;/q;+1;-1. The maximum atomic E-state index is 12.3. The summed E-state index contributed by atoms with van der Waals surface area (Å²) in [4.78, 5) is -0.195. The number of thiol groups is 1. The Balaban J connectivity index is 0. The molecule has 1 aromatic carbocycles. The second kappa shape index (κ2) is 4.40. The molecule has 0 saturated carbocycles. The molecule has 0 aliphatic carbocycles. The quantitative estimate of drug-likeness (QED) is 0.317. The van der Waals surface area contributed by atoms with Gasteiger partial charge in [-0.2, -0.15) is 0 Å². The van der Waals surface area contributed by atoms with Gasteiger partial charge in [-0.3, -0.25) is 0 Å². The number of hydrogen-bond acceptors (Lipinski definition) is 1. The Kier molecular flexibility index (Phi) is 4.55. The Morgan fingerprint density at radius 1 is 1.00 bits per heavy atom. The van der Waals surface area contributed by atoms with Crippen LogP contribution < -0.4 is 29.6 Å². The summed E-state index contributed by atoms with van der Waals surface area (Å²) in [5, 5.41) is 0. The van der Waals surface area contributed by atoms with E-state index in [0.29, 0.717) is 12.1 Å². The van der Waals surface area contributed by atoms with E-state index in [1.165, 1.54) is 0 Å². The van der Waals surface area contributed by atoms with Crippen LogP contribution in [0.2, 0.25) is 0 Å². The van der Waals surface area contributed by atoms with E-state index in [1.54, 1.807) is 0 Å². The molecule has 1 aromatic rings. The predicted molar refractivity (Wildman–Crippen MR) is 34.7 cm³/mol. The molecule has 0 N–H and O–H groups in total. The molecule has 0 aliphatic heterocycles. The smallest absolute Gasteiger partial charge is 1.00 e. The summed E-state index contributed by atoms with van der Waals surface area (Å²) in [6.07, 6.45) is 0. The summed E-state index contributed by atoms with van der Waals surface area (Å²) in [6, 6.07) is 1.14. The molecular weight excluding hydrogens is 184 g/mol. The fourth-order valence-corrected chi connectivity index (χ4v) is 0.690. The normalized spacial score (nSPS) is 9.09. The molecule has 0 heterocycles. The fraction of sp³-hybridized carbons (Fsp3) is 0. The van der Waals surface area contributed by atoms with Crippen LogP contribution in [0, 0.1) is 17.5 Å². The Morgan fingerprint density at radius 2 is 1.45 bits per heavy atom. The van der Waals surface area contributed by atoms with Crippen LogP contribution in [0.4, 0.5) is 13.2 Å². The summed E-state index contributed by atoms with van der Waals surface area (Å²) < 4.78 is 36.6. The fourth-order valence-electron chi connectivity index (χ4n) is 0.512. The van der Waals surface area contributed by atoms with E-state index in [9.17, 15) is 13.2 Å². The Bertz CT molecular complexity index is 219. The predicted octanol–water partition coefficient (Wildman–Crippen LogP) is -0.491. The zero-order valence-corrected chi connectivity index (χ0v) is 8.63. The first-order chi connectivity index (χ1) is 4.61. The molecule has 0 bridgehead atoms. The van der Waals surface area contributed by atoms with E-state index in [4.69, 9.17) is 0 Å². The third-order valence-corrected chi connectivity index (χ3v) is 1.33. The van der Waals surface area contributed by atoms with Crippen molar-refractivity contribution in [2.24, 2.45) is 0 Å². The third kappa shape index (κ3) is 2.71. The van der Waals surface area contributed by atoms with Gasteiger partial charge in [0, 0.05) is 11.0 Å². The SMILES string of the molecule is Fc1cc(F)c(S)cc1F.[H-].[Na+]. The van der Waals surface area contributed by atoms with E-state index in [2.05, 4.69) is 12.6 Å². The van der Waals surface area contributed by atoms with Crippen LogP contribution in [0.3, 0.4) is 0 Å². The van der Waals surface area contributed by atoms with Gasteiger partial charge in [0.2, 0.25) is 0 Å². The maximum absolute atomic E-state index is 12.3. The monoisotopic (exact) mass is 188 g/mol. The van der Waals surface area contributed by atoms with Crippen molar-refractivity contribution < 1.29 is 44.2 Å². The number of benzene rings is 1. The van der Waals surface area contributed by atoms with Crippen molar-refractivity contribution in [3.8, 4) is 0 Å². The number of halogens is 3. The van der Waals surface area contributed by atoms with Crippen LogP contribution in [0.5, 0.6) is 0 Å².